The molecule has 0 radical (unpaired) electrons. The lowest BCUT2D eigenvalue weighted by atomic mass is 10.2. The zero-order valence-electron chi connectivity index (χ0n) is 11.7. The predicted molar refractivity (Wildman–Crippen MR) is 83.0 cm³/mol. The molecule has 0 saturated carbocycles. The van der Waals surface area contributed by atoms with Crippen LogP contribution in [0.5, 0.6) is 0 Å². The summed E-state index contributed by atoms with van der Waals surface area (Å²) in [6.45, 7) is 2.21. The highest BCUT2D eigenvalue weighted by Crippen LogP contribution is 2.24. The summed E-state index contributed by atoms with van der Waals surface area (Å²) in [5, 5.41) is 2.97. The van der Waals surface area contributed by atoms with Crippen LogP contribution in [0.4, 0.5) is 4.39 Å². The maximum atomic E-state index is 12.8. The summed E-state index contributed by atoms with van der Waals surface area (Å²) in [6, 6.07) is 6.43. The predicted octanol–water partition coefficient (Wildman–Crippen LogP) is 4.07. The van der Waals surface area contributed by atoms with E-state index in [1.807, 2.05) is 5.38 Å². The van der Waals surface area contributed by atoms with Gasteiger partial charge in [0.15, 0.2) is 0 Å². The molecule has 6 heteroatoms. The number of carbonyl (C=O) groups excluding carboxylic acids is 1. The molecule has 1 aromatic carbocycles. The first-order chi connectivity index (χ1) is 10.2. The van der Waals surface area contributed by atoms with E-state index in [-0.39, 0.29) is 11.8 Å². The maximum Gasteiger partial charge on any atom is 0.306 e. The third kappa shape index (κ3) is 5.47. The Morgan fingerprint density at radius 1 is 1.38 bits per heavy atom. The van der Waals surface area contributed by atoms with Gasteiger partial charge in [-0.05, 0) is 31.2 Å². The molecule has 0 unspecified atom stereocenters. The van der Waals surface area contributed by atoms with Crippen molar-refractivity contribution in [1.82, 2.24) is 4.98 Å². The fraction of sp³-hybridized carbons (Fsp3) is 0.333. The third-order valence-electron chi connectivity index (χ3n) is 2.67. The Bertz CT molecular complexity index is 584. The number of aryl methyl sites for hydroxylation is 1. The molecule has 3 nitrogen and oxygen atoms in total. The van der Waals surface area contributed by atoms with E-state index >= 15 is 0 Å². The summed E-state index contributed by atoms with van der Waals surface area (Å²) < 4.78 is 17.7. The Kier molecular flexibility index (Phi) is 6.20. The quantitative estimate of drug-likeness (QED) is 0.568. The molecule has 0 fully saturated rings. The van der Waals surface area contributed by atoms with Crippen molar-refractivity contribution in [2.45, 2.75) is 30.4 Å². The Balaban J connectivity index is 1.80. The summed E-state index contributed by atoms with van der Waals surface area (Å²) in [6.07, 6.45) is 0.971. The van der Waals surface area contributed by atoms with Crippen LogP contribution in [0.1, 0.15) is 24.0 Å². The number of rotatable bonds is 7. The van der Waals surface area contributed by atoms with E-state index in [1.165, 1.54) is 12.1 Å². The van der Waals surface area contributed by atoms with E-state index in [0.29, 0.717) is 19.4 Å². The standard InChI is InChI=1S/C15H16FNO2S2/c1-2-19-15(18)8-5-12-9-21-14(17-12)10-20-13-6-3-11(16)4-7-13/h3-4,6-7,9H,2,5,8,10H2,1H3. The van der Waals surface area contributed by atoms with Crippen LogP contribution in [-0.4, -0.2) is 17.6 Å². The van der Waals surface area contributed by atoms with Crippen molar-refractivity contribution >= 4 is 29.1 Å². The van der Waals surface area contributed by atoms with Crippen LogP contribution in [0.15, 0.2) is 34.5 Å². The first-order valence-electron chi connectivity index (χ1n) is 6.64. The first-order valence-corrected chi connectivity index (χ1v) is 8.51. The number of esters is 1. The molecule has 0 spiro atoms. The van der Waals surface area contributed by atoms with Crippen molar-refractivity contribution < 1.29 is 13.9 Å². The van der Waals surface area contributed by atoms with Crippen LogP contribution in [0, 0.1) is 5.82 Å². The van der Waals surface area contributed by atoms with Gasteiger partial charge in [-0.25, -0.2) is 9.37 Å². The van der Waals surface area contributed by atoms with Gasteiger partial charge in [-0.1, -0.05) is 0 Å². The number of hydrogen-bond donors (Lipinski definition) is 0. The smallest absolute Gasteiger partial charge is 0.306 e. The van der Waals surface area contributed by atoms with E-state index in [9.17, 15) is 9.18 Å². The van der Waals surface area contributed by atoms with Gasteiger partial charge in [0, 0.05) is 16.7 Å². The number of thioether (sulfide) groups is 1. The molecule has 0 atom stereocenters. The fourth-order valence-corrected chi connectivity index (χ4v) is 3.41. The van der Waals surface area contributed by atoms with E-state index < -0.39 is 0 Å². The van der Waals surface area contributed by atoms with E-state index in [4.69, 9.17) is 4.74 Å². The van der Waals surface area contributed by atoms with Crippen molar-refractivity contribution in [1.29, 1.82) is 0 Å². The fourth-order valence-electron chi connectivity index (χ4n) is 1.67. The number of benzene rings is 1. The van der Waals surface area contributed by atoms with Crippen molar-refractivity contribution in [2.24, 2.45) is 0 Å². The molecular weight excluding hydrogens is 309 g/mol. The van der Waals surface area contributed by atoms with Crippen molar-refractivity contribution in [3.05, 3.63) is 46.2 Å². The van der Waals surface area contributed by atoms with Gasteiger partial charge in [-0.2, -0.15) is 0 Å². The Morgan fingerprint density at radius 2 is 2.14 bits per heavy atom. The second-order valence-electron chi connectivity index (χ2n) is 4.28. The van der Waals surface area contributed by atoms with Gasteiger partial charge in [0.05, 0.1) is 24.5 Å². The molecule has 2 aromatic rings. The van der Waals surface area contributed by atoms with E-state index in [1.54, 1.807) is 42.2 Å². The lowest BCUT2D eigenvalue weighted by molar-refractivity contribution is -0.143. The number of nitrogens with zero attached hydrogens (tertiary/aromatic N) is 1. The lowest BCUT2D eigenvalue weighted by Crippen LogP contribution is -2.05. The average Bonchev–Trinajstić information content (AvgIpc) is 2.93. The topological polar surface area (TPSA) is 39.2 Å². The van der Waals surface area contributed by atoms with Crippen LogP contribution in [0.3, 0.4) is 0 Å². The summed E-state index contributed by atoms with van der Waals surface area (Å²) >= 11 is 3.20. The van der Waals surface area contributed by atoms with Crippen molar-refractivity contribution in [2.75, 3.05) is 6.61 Å². The molecule has 0 saturated heterocycles. The van der Waals surface area contributed by atoms with Gasteiger partial charge in [0.2, 0.25) is 0 Å². The number of halogens is 1. The minimum absolute atomic E-state index is 0.187. The number of ether oxygens (including phenoxy) is 1. The SMILES string of the molecule is CCOC(=O)CCc1csc(CSc2ccc(F)cc2)n1. The summed E-state index contributed by atoms with van der Waals surface area (Å²) in [4.78, 5) is 16.8. The third-order valence-corrected chi connectivity index (χ3v) is 4.77. The molecule has 0 amide bonds. The Labute approximate surface area is 131 Å². The van der Waals surface area contributed by atoms with Gasteiger partial charge in [-0.15, -0.1) is 23.1 Å². The van der Waals surface area contributed by atoms with E-state index in [2.05, 4.69) is 4.98 Å². The zero-order valence-corrected chi connectivity index (χ0v) is 13.3. The van der Waals surface area contributed by atoms with Gasteiger partial charge < -0.3 is 4.74 Å². The summed E-state index contributed by atoms with van der Waals surface area (Å²) in [5.74, 6) is 0.331. The van der Waals surface area contributed by atoms with Crippen molar-refractivity contribution in [3.63, 3.8) is 0 Å². The second-order valence-corrected chi connectivity index (χ2v) is 6.27. The number of carbonyl (C=O) groups is 1. The molecule has 0 aliphatic heterocycles. The minimum atomic E-state index is -0.227. The molecular formula is C15H16FNO2S2. The molecule has 1 aromatic heterocycles. The second kappa shape index (κ2) is 8.14. The summed E-state index contributed by atoms with van der Waals surface area (Å²) in [5.41, 5.74) is 0.919. The Morgan fingerprint density at radius 3 is 2.86 bits per heavy atom. The number of aromatic nitrogens is 1. The van der Waals surface area contributed by atoms with Gasteiger partial charge in [-0.3, -0.25) is 4.79 Å². The van der Waals surface area contributed by atoms with E-state index in [0.717, 1.165) is 21.3 Å². The van der Waals surface area contributed by atoms with Crippen LogP contribution in [-0.2, 0) is 21.7 Å². The largest absolute Gasteiger partial charge is 0.466 e. The molecule has 112 valence electrons. The van der Waals surface area contributed by atoms with Gasteiger partial charge in [0.25, 0.3) is 0 Å². The number of hydrogen-bond acceptors (Lipinski definition) is 5. The van der Waals surface area contributed by atoms with Gasteiger partial charge in [0.1, 0.15) is 10.8 Å². The van der Waals surface area contributed by atoms with Crippen LogP contribution >= 0.6 is 23.1 Å². The van der Waals surface area contributed by atoms with Gasteiger partial charge >= 0.3 is 5.97 Å². The highest BCUT2D eigenvalue weighted by Gasteiger charge is 2.07. The van der Waals surface area contributed by atoms with Crippen molar-refractivity contribution in [3.8, 4) is 0 Å². The Hall–Kier alpha value is -1.40. The van der Waals surface area contributed by atoms with Crippen LogP contribution in [0.2, 0.25) is 0 Å². The average molecular weight is 325 g/mol. The summed E-state index contributed by atoms with van der Waals surface area (Å²) in [7, 11) is 0. The van der Waals surface area contributed by atoms with Crippen LogP contribution < -0.4 is 0 Å². The molecule has 0 aliphatic rings. The first kappa shape index (κ1) is 16.0. The number of thiazole rings is 1. The molecule has 2 rings (SSSR count). The zero-order chi connectivity index (χ0) is 15.1. The monoisotopic (exact) mass is 325 g/mol. The molecule has 0 N–H and O–H groups in total. The van der Waals surface area contributed by atoms with Crippen LogP contribution in [0.25, 0.3) is 0 Å². The maximum absolute atomic E-state index is 12.8. The highest BCUT2D eigenvalue weighted by molar-refractivity contribution is 7.98. The highest BCUT2D eigenvalue weighted by atomic mass is 32.2. The normalized spacial score (nSPS) is 10.6. The molecule has 21 heavy (non-hydrogen) atoms. The lowest BCUT2D eigenvalue weighted by Gasteiger charge is -2.00. The molecule has 0 aliphatic carbocycles. The molecule has 1 heterocycles. The molecule has 0 bridgehead atoms. The minimum Gasteiger partial charge on any atom is -0.466 e.